The first kappa shape index (κ1) is 17.2. The van der Waals surface area contributed by atoms with E-state index in [1.165, 1.54) is 0 Å². The number of hydrogen-bond acceptors (Lipinski definition) is 0. The first-order chi connectivity index (χ1) is 7.60. The molecule has 0 aromatic heterocycles. The SMILES string of the molecule is CC(F)(C(F)(F)F)C(F)(F)C(F)(F)C(F)C(F)F. The van der Waals surface area contributed by atoms with Gasteiger partial charge in [-0.1, -0.05) is 0 Å². The fraction of sp³-hybridized carbons (Fsp3) is 1.00. The monoisotopic (exact) mass is 298 g/mol. The van der Waals surface area contributed by atoms with Gasteiger partial charge in [-0.3, -0.25) is 0 Å². The number of hydrogen-bond donors (Lipinski definition) is 0. The molecular formula is C7H5F11. The number of halogens is 11. The van der Waals surface area contributed by atoms with E-state index in [4.69, 9.17) is 0 Å². The Labute approximate surface area is 92.7 Å². The predicted octanol–water partition coefficient (Wildman–Crippen LogP) is 4.15. The Balaban J connectivity index is 5.64. The lowest BCUT2D eigenvalue weighted by molar-refractivity contribution is -0.362. The lowest BCUT2D eigenvalue weighted by Gasteiger charge is -2.37. The molecule has 0 heterocycles. The first-order valence-corrected chi connectivity index (χ1v) is 4.04. The average Bonchev–Trinajstić information content (AvgIpc) is 2.13. The molecule has 0 nitrogen and oxygen atoms in total. The molecule has 110 valence electrons. The molecule has 0 rings (SSSR count). The summed E-state index contributed by atoms with van der Waals surface area (Å²) >= 11 is 0. The second kappa shape index (κ2) is 4.41. The summed E-state index contributed by atoms with van der Waals surface area (Å²) < 4.78 is 134. The lowest BCUT2D eigenvalue weighted by atomic mass is 9.91. The van der Waals surface area contributed by atoms with E-state index in [1.807, 2.05) is 0 Å². The van der Waals surface area contributed by atoms with Crippen LogP contribution in [0, 0.1) is 0 Å². The van der Waals surface area contributed by atoms with Crippen LogP contribution < -0.4 is 0 Å². The highest BCUT2D eigenvalue weighted by molar-refractivity contribution is 5.06. The molecule has 0 spiro atoms. The van der Waals surface area contributed by atoms with Crippen LogP contribution >= 0.6 is 0 Å². The minimum absolute atomic E-state index is 0.987. The summed E-state index contributed by atoms with van der Waals surface area (Å²) in [5, 5.41) is 0. The maximum atomic E-state index is 12.7. The van der Waals surface area contributed by atoms with Gasteiger partial charge in [0.25, 0.3) is 12.1 Å². The fourth-order valence-corrected chi connectivity index (χ4v) is 0.822. The topological polar surface area (TPSA) is 0 Å². The third kappa shape index (κ3) is 2.35. The Morgan fingerprint density at radius 3 is 1.28 bits per heavy atom. The summed E-state index contributed by atoms with van der Waals surface area (Å²) in [7, 11) is 0. The van der Waals surface area contributed by atoms with E-state index in [9.17, 15) is 48.3 Å². The van der Waals surface area contributed by atoms with Gasteiger partial charge in [-0.15, -0.1) is 0 Å². The van der Waals surface area contributed by atoms with Gasteiger partial charge in [-0.05, 0) is 6.92 Å². The van der Waals surface area contributed by atoms with Gasteiger partial charge in [0.15, 0.2) is 0 Å². The Kier molecular flexibility index (Phi) is 4.22. The quantitative estimate of drug-likeness (QED) is 0.684. The minimum atomic E-state index is -6.70. The van der Waals surface area contributed by atoms with E-state index in [1.54, 1.807) is 0 Å². The molecule has 0 aliphatic rings. The van der Waals surface area contributed by atoms with Crippen LogP contribution in [0.5, 0.6) is 0 Å². The van der Waals surface area contributed by atoms with Crippen molar-refractivity contribution in [2.75, 3.05) is 0 Å². The molecule has 18 heavy (non-hydrogen) atoms. The molecule has 0 radical (unpaired) electrons. The van der Waals surface area contributed by atoms with Crippen molar-refractivity contribution < 1.29 is 48.3 Å². The van der Waals surface area contributed by atoms with E-state index >= 15 is 0 Å². The highest BCUT2D eigenvalue weighted by atomic mass is 19.4. The van der Waals surface area contributed by atoms with Crippen molar-refractivity contribution in [1.82, 2.24) is 0 Å². The van der Waals surface area contributed by atoms with Crippen LogP contribution in [-0.2, 0) is 0 Å². The molecule has 0 aliphatic carbocycles. The molecule has 11 heteroatoms. The van der Waals surface area contributed by atoms with Gasteiger partial charge in [0, 0.05) is 0 Å². The van der Waals surface area contributed by atoms with Gasteiger partial charge in [-0.2, -0.15) is 30.7 Å². The van der Waals surface area contributed by atoms with Crippen molar-refractivity contribution in [3.05, 3.63) is 0 Å². The van der Waals surface area contributed by atoms with Crippen LogP contribution in [-0.4, -0.2) is 36.3 Å². The maximum absolute atomic E-state index is 12.7. The molecule has 0 aromatic rings. The molecular weight excluding hydrogens is 293 g/mol. The summed E-state index contributed by atoms with van der Waals surface area (Å²) in [6.45, 7) is -0.987. The Morgan fingerprint density at radius 1 is 0.722 bits per heavy atom. The van der Waals surface area contributed by atoms with Gasteiger partial charge in [0.2, 0.25) is 6.17 Å². The van der Waals surface area contributed by atoms with Gasteiger partial charge >= 0.3 is 18.0 Å². The van der Waals surface area contributed by atoms with Crippen molar-refractivity contribution in [3.63, 3.8) is 0 Å². The van der Waals surface area contributed by atoms with Crippen LogP contribution in [0.4, 0.5) is 48.3 Å². The van der Waals surface area contributed by atoms with E-state index < -0.39 is 43.2 Å². The maximum Gasteiger partial charge on any atom is 0.428 e. The third-order valence-electron chi connectivity index (χ3n) is 2.11. The largest absolute Gasteiger partial charge is 0.428 e. The lowest BCUT2D eigenvalue weighted by Crippen LogP contribution is -2.65. The summed E-state index contributed by atoms with van der Waals surface area (Å²) in [6.07, 6.45) is -16.1. The molecule has 2 unspecified atom stereocenters. The molecule has 0 saturated carbocycles. The minimum Gasteiger partial charge on any atom is -0.234 e. The van der Waals surface area contributed by atoms with Crippen LogP contribution in [0.2, 0.25) is 0 Å². The molecule has 0 N–H and O–H groups in total. The molecule has 2 atom stereocenters. The zero-order valence-electron chi connectivity index (χ0n) is 8.31. The first-order valence-electron chi connectivity index (χ1n) is 4.04. The van der Waals surface area contributed by atoms with Crippen LogP contribution in [0.1, 0.15) is 6.92 Å². The van der Waals surface area contributed by atoms with E-state index in [-0.39, 0.29) is 0 Å². The smallest absolute Gasteiger partial charge is 0.234 e. The zero-order valence-corrected chi connectivity index (χ0v) is 8.31. The molecule has 0 saturated heterocycles. The van der Waals surface area contributed by atoms with Crippen LogP contribution in [0.3, 0.4) is 0 Å². The van der Waals surface area contributed by atoms with Gasteiger partial charge in [-0.25, -0.2) is 17.6 Å². The van der Waals surface area contributed by atoms with Crippen LogP contribution in [0.25, 0.3) is 0 Å². The van der Waals surface area contributed by atoms with Gasteiger partial charge < -0.3 is 0 Å². The third-order valence-corrected chi connectivity index (χ3v) is 2.11. The van der Waals surface area contributed by atoms with E-state index in [0.717, 1.165) is 0 Å². The normalized spacial score (nSPS) is 19.8. The summed E-state index contributed by atoms with van der Waals surface area (Å²) in [6, 6.07) is 0. The Bertz CT molecular complexity index is 288. The van der Waals surface area contributed by atoms with E-state index in [2.05, 4.69) is 0 Å². The average molecular weight is 298 g/mol. The molecule has 0 bridgehead atoms. The van der Waals surface area contributed by atoms with Crippen molar-refractivity contribution in [1.29, 1.82) is 0 Å². The second-order valence-electron chi connectivity index (χ2n) is 3.43. The van der Waals surface area contributed by atoms with Crippen molar-refractivity contribution in [2.45, 2.75) is 43.2 Å². The van der Waals surface area contributed by atoms with Crippen molar-refractivity contribution in [3.8, 4) is 0 Å². The molecule has 0 aliphatic heterocycles. The number of alkyl halides is 11. The molecule has 0 aromatic carbocycles. The van der Waals surface area contributed by atoms with E-state index in [0.29, 0.717) is 0 Å². The highest BCUT2D eigenvalue weighted by Crippen LogP contribution is 2.53. The standard InChI is InChI=1S/C7H5F11/c1-4(11,7(16,17)18)6(14,15)5(12,13)2(8)3(9)10/h2-3H,1H3. The highest BCUT2D eigenvalue weighted by Gasteiger charge is 2.80. The number of rotatable bonds is 4. The zero-order chi connectivity index (χ0) is 15.2. The second-order valence-corrected chi connectivity index (χ2v) is 3.43. The van der Waals surface area contributed by atoms with Gasteiger partial charge in [0.1, 0.15) is 0 Å². The molecule has 0 amide bonds. The van der Waals surface area contributed by atoms with Crippen molar-refractivity contribution >= 4 is 0 Å². The van der Waals surface area contributed by atoms with Crippen LogP contribution in [0.15, 0.2) is 0 Å². The Morgan fingerprint density at radius 2 is 1.06 bits per heavy atom. The molecule has 0 fully saturated rings. The summed E-state index contributed by atoms with van der Waals surface area (Å²) in [5.74, 6) is -13.2. The summed E-state index contributed by atoms with van der Waals surface area (Å²) in [4.78, 5) is 0. The predicted molar refractivity (Wildman–Crippen MR) is 36.4 cm³/mol. The summed E-state index contributed by atoms with van der Waals surface area (Å²) in [5.41, 5.74) is -5.87. The fourth-order valence-electron chi connectivity index (χ4n) is 0.822. The van der Waals surface area contributed by atoms with Gasteiger partial charge in [0.05, 0.1) is 0 Å². The Hall–Kier alpha value is -0.770. The van der Waals surface area contributed by atoms with Crippen molar-refractivity contribution in [2.24, 2.45) is 0 Å².